The molecule has 5 heterocycles. The fourth-order valence-electron chi connectivity index (χ4n) is 4.81. The smallest absolute Gasteiger partial charge is 0.266 e. The maximum atomic E-state index is 14.5. The minimum atomic E-state index is -2.87. The van der Waals surface area contributed by atoms with Gasteiger partial charge in [-0.1, -0.05) is 32.0 Å². The average Bonchev–Trinajstić information content (AvgIpc) is 3.60. The first-order chi connectivity index (χ1) is 17.1. The number of rotatable bonds is 5. The van der Waals surface area contributed by atoms with E-state index in [1.165, 1.54) is 12.1 Å². The van der Waals surface area contributed by atoms with Gasteiger partial charge < -0.3 is 15.0 Å². The van der Waals surface area contributed by atoms with Crippen molar-refractivity contribution in [3.8, 4) is 0 Å². The zero-order valence-electron chi connectivity index (χ0n) is 19.6. The number of pyridine rings is 1. The van der Waals surface area contributed by atoms with Crippen molar-refractivity contribution in [2.75, 3.05) is 36.5 Å². The predicted octanol–water partition coefficient (Wildman–Crippen LogP) is 5.08. The second-order valence-corrected chi connectivity index (χ2v) is 8.55. The first-order valence-corrected chi connectivity index (χ1v) is 11.8. The highest BCUT2D eigenvalue weighted by Gasteiger charge is 2.37. The molecule has 0 bridgehead atoms. The van der Waals surface area contributed by atoms with Crippen LogP contribution in [-0.4, -0.2) is 45.7 Å². The van der Waals surface area contributed by atoms with Crippen LogP contribution in [0.2, 0.25) is 0 Å². The van der Waals surface area contributed by atoms with Crippen LogP contribution in [0.4, 0.5) is 24.8 Å². The molecule has 6 rings (SSSR count). The number of benzene rings is 1. The fourth-order valence-corrected chi connectivity index (χ4v) is 4.81. The van der Waals surface area contributed by atoms with Crippen LogP contribution in [-0.2, 0) is 11.3 Å². The van der Waals surface area contributed by atoms with Gasteiger partial charge in [0, 0.05) is 54.8 Å². The molecule has 0 radical (unpaired) electrons. The molecule has 2 saturated heterocycles. The Labute approximate surface area is 201 Å². The molecule has 0 aliphatic carbocycles. The third kappa shape index (κ3) is 4.27. The Bertz CT molecular complexity index is 1330. The number of alkyl halides is 2. The number of anilines is 2. The van der Waals surface area contributed by atoms with Gasteiger partial charge in [0.05, 0.1) is 30.5 Å². The second kappa shape index (κ2) is 9.69. The van der Waals surface area contributed by atoms with Crippen molar-refractivity contribution in [1.29, 1.82) is 0 Å². The number of nitrogens with one attached hydrogen (secondary N) is 1. The van der Waals surface area contributed by atoms with E-state index in [2.05, 4.69) is 25.2 Å². The average molecular weight is 485 g/mol. The molecule has 0 amide bonds. The van der Waals surface area contributed by atoms with Gasteiger partial charge in [-0.05, 0) is 6.07 Å². The van der Waals surface area contributed by atoms with E-state index >= 15 is 0 Å². The van der Waals surface area contributed by atoms with Crippen LogP contribution in [0.5, 0.6) is 0 Å². The molecular formula is C25H27F3N6O. The third-order valence-corrected chi connectivity index (χ3v) is 6.57. The van der Waals surface area contributed by atoms with E-state index in [1.807, 2.05) is 24.3 Å². The van der Waals surface area contributed by atoms with Gasteiger partial charge >= 0.3 is 0 Å². The number of hydrogen-bond acceptors (Lipinski definition) is 6. The first-order valence-electron chi connectivity index (χ1n) is 11.8. The minimum absolute atomic E-state index is 0.00817. The van der Waals surface area contributed by atoms with Crippen molar-refractivity contribution in [2.45, 2.75) is 26.8 Å². The van der Waals surface area contributed by atoms with Gasteiger partial charge in [0.1, 0.15) is 17.5 Å². The van der Waals surface area contributed by atoms with Crippen molar-refractivity contribution < 1.29 is 17.9 Å². The van der Waals surface area contributed by atoms with Crippen molar-refractivity contribution in [2.24, 2.45) is 11.8 Å². The molecule has 10 heteroatoms. The molecule has 0 saturated carbocycles. The van der Waals surface area contributed by atoms with Crippen LogP contribution < -0.4 is 10.2 Å². The maximum absolute atomic E-state index is 14.5. The summed E-state index contributed by atoms with van der Waals surface area (Å²) in [5, 5.41) is 3.93. The molecular weight excluding hydrogens is 457 g/mol. The molecule has 1 N–H and O–H groups in total. The van der Waals surface area contributed by atoms with Gasteiger partial charge in [-0.25, -0.2) is 23.1 Å². The number of aromatic nitrogens is 4. The lowest BCUT2D eigenvalue weighted by Crippen LogP contribution is -2.23. The molecule has 35 heavy (non-hydrogen) atoms. The fraction of sp³-hybridized carbons (Fsp3) is 0.400. The zero-order valence-corrected chi connectivity index (χ0v) is 19.6. The summed E-state index contributed by atoms with van der Waals surface area (Å²) in [6.45, 7) is 7.34. The lowest BCUT2D eigenvalue weighted by atomic mass is 10.0. The molecule has 2 aliphatic rings. The van der Waals surface area contributed by atoms with E-state index in [9.17, 15) is 13.2 Å². The van der Waals surface area contributed by atoms with Crippen molar-refractivity contribution >= 4 is 28.3 Å². The Morgan fingerprint density at radius 3 is 2.66 bits per heavy atom. The summed E-state index contributed by atoms with van der Waals surface area (Å²) < 4.78 is 48.1. The van der Waals surface area contributed by atoms with Crippen LogP contribution in [0.15, 0.2) is 42.9 Å². The van der Waals surface area contributed by atoms with Crippen LogP contribution >= 0.6 is 0 Å². The number of imidazole rings is 1. The lowest BCUT2D eigenvalue weighted by molar-refractivity contribution is 0.146. The molecule has 2 unspecified atom stereocenters. The molecule has 184 valence electrons. The topological polar surface area (TPSA) is 67.6 Å². The molecule has 2 atom stereocenters. The summed E-state index contributed by atoms with van der Waals surface area (Å²) in [6.07, 6.45) is 2.37. The molecule has 2 aliphatic heterocycles. The van der Waals surface area contributed by atoms with Crippen molar-refractivity contribution in [3.05, 3.63) is 59.8 Å². The van der Waals surface area contributed by atoms with Gasteiger partial charge in [-0.15, -0.1) is 0 Å². The molecule has 0 spiro atoms. The van der Waals surface area contributed by atoms with Gasteiger partial charge in [-0.2, -0.15) is 4.98 Å². The number of hydrogen-bond donors (Lipinski definition) is 1. The second-order valence-electron chi connectivity index (χ2n) is 8.55. The number of nitrogens with zero attached hydrogens (tertiary/aromatic N) is 5. The van der Waals surface area contributed by atoms with Gasteiger partial charge in [-0.3, -0.25) is 4.40 Å². The highest BCUT2D eigenvalue weighted by atomic mass is 19.3. The summed E-state index contributed by atoms with van der Waals surface area (Å²) in [7, 11) is 0. The Morgan fingerprint density at radius 1 is 1.14 bits per heavy atom. The van der Waals surface area contributed by atoms with Gasteiger partial charge in [0.15, 0.2) is 0 Å². The van der Waals surface area contributed by atoms with Crippen LogP contribution in [0.1, 0.15) is 31.4 Å². The third-order valence-electron chi connectivity index (χ3n) is 6.57. The Balaban J connectivity index is 0.00000124. The monoisotopic (exact) mass is 484 g/mol. The SMILES string of the molecule is CC.Fc1c(CNc2nc3nccn3c3cnc(N4CC5COCC5C4)cc23)cccc1C(F)F. The standard InChI is InChI=1S/C23H21F3N6O.C2H6/c24-20-13(2-1-3-16(20)21(25)26)7-29-22-17-6-19(31-9-14-11-33-12-15(14)10-31)28-8-18(17)32-5-4-27-23(32)30-22;1-2/h1-6,8,14-15,21H,7,9-12H2,(H,27,29,30);1-2H3. The van der Waals surface area contributed by atoms with Gasteiger partial charge in [0.25, 0.3) is 6.43 Å². The Kier molecular flexibility index (Phi) is 6.46. The lowest BCUT2D eigenvalue weighted by Gasteiger charge is -2.20. The summed E-state index contributed by atoms with van der Waals surface area (Å²) in [5.74, 6) is 1.93. The maximum Gasteiger partial charge on any atom is 0.266 e. The predicted molar refractivity (Wildman–Crippen MR) is 128 cm³/mol. The highest BCUT2D eigenvalue weighted by Crippen LogP contribution is 2.34. The molecule has 7 nitrogen and oxygen atoms in total. The quantitative estimate of drug-likeness (QED) is 0.426. The van der Waals surface area contributed by atoms with E-state index in [1.54, 1.807) is 18.6 Å². The van der Waals surface area contributed by atoms with Crippen LogP contribution in [0.25, 0.3) is 16.7 Å². The normalized spacial score (nSPS) is 19.3. The van der Waals surface area contributed by atoms with Crippen molar-refractivity contribution in [3.63, 3.8) is 0 Å². The summed E-state index contributed by atoms with van der Waals surface area (Å²) in [6, 6.07) is 5.99. The molecule has 1 aromatic carbocycles. The van der Waals surface area contributed by atoms with E-state index in [0.29, 0.717) is 23.4 Å². The van der Waals surface area contributed by atoms with Crippen molar-refractivity contribution in [1.82, 2.24) is 19.4 Å². The Hall–Kier alpha value is -3.40. The molecule has 2 fully saturated rings. The first kappa shape index (κ1) is 23.3. The largest absolute Gasteiger partial charge is 0.381 e. The Morgan fingerprint density at radius 2 is 1.91 bits per heavy atom. The number of fused-ring (bicyclic) bond motifs is 4. The zero-order chi connectivity index (χ0) is 24.5. The van der Waals surface area contributed by atoms with Crippen LogP contribution in [0, 0.1) is 17.7 Å². The van der Waals surface area contributed by atoms with E-state index < -0.39 is 17.8 Å². The van der Waals surface area contributed by atoms with Crippen LogP contribution in [0.3, 0.4) is 0 Å². The minimum Gasteiger partial charge on any atom is -0.381 e. The summed E-state index contributed by atoms with van der Waals surface area (Å²) in [5.41, 5.74) is 0.340. The van der Waals surface area contributed by atoms with E-state index in [4.69, 9.17) is 4.74 Å². The highest BCUT2D eigenvalue weighted by molar-refractivity contribution is 5.92. The molecule has 4 aromatic rings. The summed E-state index contributed by atoms with van der Waals surface area (Å²) >= 11 is 0. The number of halogens is 3. The van der Waals surface area contributed by atoms with E-state index in [-0.39, 0.29) is 12.1 Å². The van der Waals surface area contributed by atoms with E-state index in [0.717, 1.165) is 49.1 Å². The molecule has 3 aromatic heterocycles. The van der Waals surface area contributed by atoms with Gasteiger partial charge in [0.2, 0.25) is 5.78 Å². The number of ether oxygens (including phenoxy) is 1. The summed E-state index contributed by atoms with van der Waals surface area (Å²) in [4.78, 5) is 15.8.